The third-order valence-corrected chi connectivity index (χ3v) is 3.56. The molecule has 1 heterocycles. The summed E-state index contributed by atoms with van der Waals surface area (Å²) in [6.07, 6.45) is 0.205. The maximum Gasteiger partial charge on any atom is 0.417 e. The Morgan fingerprint density at radius 3 is 2.52 bits per heavy atom. The highest BCUT2D eigenvalue weighted by atomic mass is 19.4. The summed E-state index contributed by atoms with van der Waals surface area (Å²) in [6.45, 7) is 0. The monoisotopic (exact) mass is 324 g/mol. The third-order valence-electron chi connectivity index (χ3n) is 3.56. The minimum atomic E-state index is -4.59. The molecule has 8 heteroatoms. The lowest BCUT2D eigenvalue weighted by Gasteiger charge is -2.19. The van der Waals surface area contributed by atoms with E-state index in [1.165, 1.54) is 12.1 Å². The number of rotatable bonds is 3. The van der Waals surface area contributed by atoms with E-state index in [2.05, 4.69) is 16.2 Å². The molecule has 0 saturated heterocycles. The van der Waals surface area contributed by atoms with Crippen molar-refractivity contribution in [1.29, 1.82) is 0 Å². The van der Waals surface area contributed by atoms with Gasteiger partial charge in [-0.05, 0) is 37.1 Å². The molecule has 122 valence electrons. The summed E-state index contributed by atoms with van der Waals surface area (Å²) in [6, 6.07) is 3.44. The number of carbonyl (C=O) groups is 1. The van der Waals surface area contributed by atoms with Crippen molar-refractivity contribution in [3.63, 3.8) is 0 Å². The number of halogens is 3. The second kappa shape index (κ2) is 5.53. The molecule has 5 nitrogen and oxygen atoms in total. The Kier molecular flexibility index (Phi) is 3.67. The summed E-state index contributed by atoms with van der Waals surface area (Å²) < 4.78 is 39.4. The Labute approximate surface area is 130 Å². The second-order valence-corrected chi connectivity index (χ2v) is 5.46. The summed E-state index contributed by atoms with van der Waals surface area (Å²) in [7, 11) is 0. The van der Waals surface area contributed by atoms with E-state index in [4.69, 9.17) is 5.73 Å². The van der Waals surface area contributed by atoms with Crippen molar-refractivity contribution in [2.45, 2.75) is 25.1 Å². The molecule has 5 N–H and O–H groups in total. The van der Waals surface area contributed by atoms with E-state index in [9.17, 15) is 18.0 Å². The third kappa shape index (κ3) is 3.41. The Morgan fingerprint density at radius 1 is 1.22 bits per heavy atom. The number of alkyl halides is 3. The van der Waals surface area contributed by atoms with Gasteiger partial charge in [0.2, 0.25) is 0 Å². The van der Waals surface area contributed by atoms with Gasteiger partial charge in [-0.3, -0.25) is 15.6 Å². The standard InChI is InChI=1S/C15H15F3N4O/c16-15(17,18)11-4-1-8(12-5-6-13(19)22-21-12)7-10(11)14(23)20-9-2-3-9/h1,4-7,9,21-22H,2-3,19H2,(H,20,23). The molecular weight excluding hydrogens is 309 g/mol. The first kappa shape index (κ1) is 15.3. The summed E-state index contributed by atoms with van der Waals surface area (Å²) in [5, 5.41) is 2.59. The van der Waals surface area contributed by atoms with Gasteiger partial charge in [-0.2, -0.15) is 13.2 Å². The SMILES string of the molecule is NC1=CC=C(c2ccc(C(F)(F)F)c(C(=O)NC3CC3)c2)NN1. The highest BCUT2D eigenvalue weighted by Gasteiger charge is 2.36. The minimum Gasteiger partial charge on any atom is -0.384 e. The normalized spacial score (nSPS) is 17.5. The molecular formula is C15H15F3N4O. The molecule has 2 aliphatic rings. The first-order chi connectivity index (χ1) is 10.8. The predicted molar refractivity (Wildman–Crippen MR) is 78.5 cm³/mol. The lowest BCUT2D eigenvalue weighted by molar-refractivity contribution is -0.137. The highest BCUT2D eigenvalue weighted by Crippen LogP contribution is 2.34. The van der Waals surface area contributed by atoms with E-state index in [0.29, 0.717) is 17.1 Å². The molecule has 23 heavy (non-hydrogen) atoms. The topological polar surface area (TPSA) is 79.2 Å². The maximum absolute atomic E-state index is 13.1. The van der Waals surface area contributed by atoms with Crippen LogP contribution in [-0.2, 0) is 6.18 Å². The summed E-state index contributed by atoms with van der Waals surface area (Å²) in [5.41, 5.74) is 10.6. The zero-order valence-electron chi connectivity index (χ0n) is 12.0. The number of allylic oxidation sites excluding steroid dienone is 2. The number of benzene rings is 1. The molecule has 0 unspecified atom stereocenters. The van der Waals surface area contributed by atoms with Crippen LogP contribution in [0, 0.1) is 0 Å². The van der Waals surface area contributed by atoms with Gasteiger partial charge in [0.1, 0.15) is 5.82 Å². The van der Waals surface area contributed by atoms with Crippen LogP contribution in [0.2, 0.25) is 0 Å². The van der Waals surface area contributed by atoms with Gasteiger partial charge in [0.05, 0.1) is 16.8 Å². The van der Waals surface area contributed by atoms with Crippen LogP contribution in [0.25, 0.3) is 5.70 Å². The van der Waals surface area contributed by atoms with Crippen molar-refractivity contribution in [2.24, 2.45) is 5.73 Å². The fraction of sp³-hybridized carbons (Fsp3) is 0.267. The quantitative estimate of drug-likeness (QED) is 0.684. The fourth-order valence-corrected chi connectivity index (χ4v) is 2.20. The van der Waals surface area contributed by atoms with Gasteiger partial charge >= 0.3 is 6.18 Å². The van der Waals surface area contributed by atoms with Gasteiger partial charge in [-0.1, -0.05) is 6.07 Å². The lowest BCUT2D eigenvalue weighted by Crippen LogP contribution is -2.35. The summed E-state index contributed by atoms with van der Waals surface area (Å²) in [4.78, 5) is 12.2. The highest BCUT2D eigenvalue weighted by molar-refractivity contribution is 5.97. The lowest BCUT2D eigenvalue weighted by atomic mass is 10.0. The maximum atomic E-state index is 13.1. The Morgan fingerprint density at radius 2 is 1.96 bits per heavy atom. The molecule has 3 rings (SSSR count). The van der Waals surface area contributed by atoms with Crippen LogP contribution in [0.4, 0.5) is 13.2 Å². The first-order valence-electron chi connectivity index (χ1n) is 7.06. The van der Waals surface area contributed by atoms with Crippen molar-refractivity contribution in [1.82, 2.24) is 16.2 Å². The average molecular weight is 324 g/mol. The van der Waals surface area contributed by atoms with E-state index in [1.54, 1.807) is 12.2 Å². The van der Waals surface area contributed by atoms with Gasteiger partial charge in [-0.15, -0.1) is 0 Å². The number of hydrazine groups is 1. The Hall–Kier alpha value is -2.64. The summed E-state index contributed by atoms with van der Waals surface area (Å²) in [5.74, 6) is -0.325. The van der Waals surface area contributed by atoms with Gasteiger partial charge in [-0.25, -0.2) is 0 Å². The van der Waals surface area contributed by atoms with E-state index in [-0.39, 0.29) is 11.6 Å². The van der Waals surface area contributed by atoms with E-state index in [0.717, 1.165) is 18.9 Å². The minimum absolute atomic E-state index is 0.0244. The number of nitrogens with two attached hydrogens (primary N) is 1. The van der Waals surface area contributed by atoms with Crippen LogP contribution < -0.4 is 21.9 Å². The van der Waals surface area contributed by atoms with E-state index >= 15 is 0 Å². The predicted octanol–water partition coefficient (Wildman–Crippen LogP) is 1.85. The van der Waals surface area contributed by atoms with E-state index < -0.39 is 17.6 Å². The molecule has 0 spiro atoms. The van der Waals surface area contributed by atoms with Crippen LogP contribution >= 0.6 is 0 Å². The molecule has 1 fully saturated rings. The van der Waals surface area contributed by atoms with Crippen molar-refractivity contribution in [2.75, 3.05) is 0 Å². The molecule has 0 bridgehead atoms. The van der Waals surface area contributed by atoms with E-state index in [1.807, 2.05) is 0 Å². The molecule has 1 aromatic carbocycles. The number of hydrogen-bond donors (Lipinski definition) is 4. The van der Waals surface area contributed by atoms with Crippen LogP contribution in [0.3, 0.4) is 0 Å². The van der Waals surface area contributed by atoms with Crippen LogP contribution in [0.15, 0.2) is 36.2 Å². The van der Waals surface area contributed by atoms with Crippen molar-refractivity contribution in [3.05, 3.63) is 52.9 Å². The second-order valence-electron chi connectivity index (χ2n) is 5.46. The van der Waals surface area contributed by atoms with Gasteiger partial charge in [0, 0.05) is 11.6 Å². The first-order valence-corrected chi connectivity index (χ1v) is 7.06. The molecule has 1 aliphatic carbocycles. The molecule has 1 amide bonds. The van der Waals surface area contributed by atoms with Gasteiger partial charge in [0.25, 0.3) is 5.91 Å². The van der Waals surface area contributed by atoms with Crippen LogP contribution in [-0.4, -0.2) is 11.9 Å². The number of hydrogen-bond acceptors (Lipinski definition) is 4. The molecule has 1 aliphatic heterocycles. The molecule has 1 saturated carbocycles. The number of amides is 1. The zero-order chi connectivity index (χ0) is 16.6. The van der Waals surface area contributed by atoms with Gasteiger partial charge < -0.3 is 11.1 Å². The molecule has 0 atom stereocenters. The number of carbonyl (C=O) groups excluding carboxylic acids is 1. The number of nitrogens with one attached hydrogen (secondary N) is 3. The molecule has 1 aromatic rings. The van der Waals surface area contributed by atoms with Crippen molar-refractivity contribution < 1.29 is 18.0 Å². The smallest absolute Gasteiger partial charge is 0.384 e. The molecule has 0 aromatic heterocycles. The average Bonchev–Trinajstić information content (AvgIpc) is 3.30. The summed E-state index contributed by atoms with van der Waals surface area (Å²) >= 11 is 0. The van der Waals surface area contributed by atoms with Crippen molar-refractivity contribution >= 4 is 11.6 Å². The fourth-order valence-electron chi connectivity index (χ4n) is 2.20. The van der Waals surface area contributed by atoms with Crippen LogP contribution in [0.1, 0.15) is 34.3 Å². The van der Waals surface area contributed by atoms with Crippen LogP contribution in [0.5, 0.6) is 0 Å². The zero-order valence-corrected chi connectivity index (χ0v) is 12.0. The van der Waals surface area contributed by atoms with Crippen molar-refractivity contribution in [3.8, 4) is 0 Å². The Bertz CT molecular complexity index is 705. The van der Waals surface area contributed by atoms with Gasteiger partial charge in [0.15, 0.2) is 0 Å². The molecule has 0 radical (unpaired) electrons. The Balaban J connectivity index is 1.98. The largest absolute Gasteiger partial charge is 0.417 e.